The van der Waals surface area contributed by atoms with Crippen LogP contribution in [0.2, 0.25) is 0 Å². The monoisotopic (exact) mass is 205 g/mol. The second-order valence-electron chi connectivity index (χ2n) is 3.50. The smallest absolute Gasteiger partial charge is 0.204 e. The highest BCUT2D eigenvalue weighted by atomic mass is 19.1. The summed E-state index contributed by atoms with van der Waals surface area (Å²) in [4.78, 5) is 7.12. The van der Waals surface area contributed by atoms with E-state index < -0.39 is 0 Å². The normalized spacial score (nSPS) is 10.3. The van der Waals surface area contributed by atoms with E-state index in [-0.39, 0.29) is 5.82 Å². The molecule has 3 nitrogen and oxygen atoms in total. The van der Waals surface area contributed by atoms with Gasteiger partial charge in [-0.25, -0.2) is 9.37 Å². The van der Waals surface area contributed by atoms with Gasteiger partial charge >= 0.3 is 0 Å². The fourth-order valence-corrected chi connectivity index (χ4v) is 1.33. The van der Waals surface area contributed by atoms with Gasteiger partial charge in [0.25, 0.3) is 0 Å². The fourth-order valence-electron chi connectivity index (χ4n) is 1.33. The van der Waals surface area contributed by atoms with Gasteiger partial charge in [0, 0.05) is 17.6 Å². The van der Waals surface area contributed by atoms with Crippen LogP contribution in [0.15, 0.2) is 24.4 Å². The van der Waals surface area contributed by atoms with Gasteiger partial charge in [-0.15, -0.1) is 0 Å². The molecule has 4 heteroatoms. The summed E-state index contributed by atoms with van der Waals surface area (Å²) in [5.74, 6) is 0.368. The van der Waals surface area contributed by atoms with Gasteiger partial charge in [-0.2, -0.15) is 0 Å². The van der Waals surface area contributed by atoms with Crippen molar-refractivity contribution in [3.8, 4) is 0 Å². The van der Waals surface area contributed by atoms with Gasteiger partial charge in [0.1, 0.15) is 5.82 Å². The van der Waals surface area contributed by atoms with Crippen molar-refractivity contribution in [1.82, 2.24) is 9.97 Å². The molecule has 1 aromatic carbocycles. The molecule has 0 spiro atoms. The van der Waals surface area contributed by atoms with E-state index in [1.807, 2.05) is 13.8 Å². The molecule has 0 bridgehead atoms. The minimum Gasteiger partial charge on any atom is -0.328 e. The molecule has 0 unspecified atom stereocenters. The van der Waals surface area contributed by atoms with Crippen LogP contribution in [0, 0.1) is 19.7 Å². The van der Waals surface area contributed by atoms with Crippen molar-refractivity contribution < 1.29 is 4.39 Å². The number of aryl methyl sites for hydroxylation is 2. The summed E-state index contributed by atoms with van der Waals surface area (Å²) in [6, 6.07) is 4.62. The summed E-state index contributed by atoms with van der Waals surface area (Å²) in [5.41, 5.74) is 2.67. The highest BCUT2D eigenvalue weighted by molar-refractivity contribution is 5.58. The zero-order chi connectivity index (χ0) is 10.8. The van der Waals surface area contributed by atoms with Gasteiger partial charge in [-0.05, 0) is 31.5 Å². The van der Waals surface area contributed by atoms with Crippen LogP contribution in [-0.4, -0.2) is 9.97 Å². The number of halogens is 1. The molecule has 0 radical (unpaired) electrons. The third-order valence-corrected chi connectivity index (χ3v) is 2.16. The van der Waals surface area contributed by atoms with Crippen LogP contribution < -0.4 is 5.32 Å². The van der Waals surface area contributed by atoms with E-state index in [2.05, 4.69) is 15.3 Å². The summed E-state index contributed by atoms with van der Waals surface area (Å²) in [5, 5.41) is 3.03. The van der Waals surface area contributed by atoms with Crippen molar-refractivity contribution in [2.75, 3.05) is 5.32 Å². The molecule has 2 N–H and O–H groups in total. The molecular formula is C11H12FN3. The summed E-state index contributed by atoms with van der Waals surface area (Å²) < 4.78 is 13.0. The average Bonchev–Trinajstić information content (AvgIpc) is 2.58. The Labute approximate surface area is 87.4 Å². The molecule has 78 valence electrons. The largest absolute Gasteiger partial charge is 0.328 e. The van der Waals surface area contributed by atoms with Crippen LogP contribution in [0.25, 0.3) is 0 Å². The van der Waals surface area contributed by atoms with E-state index in [1.165, 1.54) is 12.1 Å². The quantitative estimate of drug-likeness (QED) is 0.791. The number of nitrogens with zero attached hydrogens (tertiary/aromatic N) is 1. The van der Waals surface area contributed by atoms with E-state index in [4.69, 9.17) is 0 Å². The maximum Gasteiger partial charge on any atom is 0.204 e. The molecule has 0 saturated carbocycles. The highest BCUT2D eigenvalue weighted by Crippen LogP contribution is 2.19. The molecule has 0 aliphatic rings. The van der Waals surface area contributed by atoms with Gasteiger partial charge < -0.3 is 10.3 Å². The topological polar surface area (TPSA) is 40.7 Å². The standard InChI is InChI=1S/C11H12FN3/c1-7-3-4-9(12)5-10(7)15-11-13-6-8(2)14-11/h3-6H,1-2H3,(H2,13,14,15). The predicted octanol–water partition coefficient (Wildman–Crippen LogP) is 2.91. The maximum absolute atomic E-state index is 13.0. The van der Waals surface area contributed by atoms with Crippen molar-refractivity contribution in [3.63, 3.8) is 0 Å². The number of anilines is 2. The van der Waals surface area contributed by atoms with E-state index in [0.29, 0.717) is 5.95 Å². The van der Waals surface area contributed by atoms with Gasteiger partial charge in [0.2, 0.25) is 5.95 Å². The zero-order valence-corrected chi connectivity index (χ0v) is 8.63. The number of hydrogen-bond acceptors (Lipinski definition) is 2. The third-order valence-electron chi connectivity index (χ3n) is 2.16. The summed E-state index contributed by atoms with van der Waals surface area (Å²) >= 11 is 0. The van der Waals surface area contributed by atoms with E-state index in [0.717, 1.165) is 16.9 Å². The lowest BCUT2D eigenvalue weighted by molar-refractivity contribution is 0.628. The minimum absolute atomic E-state index is 0.258. The number of H-pyrrole nitrogens is 1. The van der Waals surface area contributed by atoms with Crippen LogP contribution in [0.3, 0.4) is 0 Å². The van der Waals surface area contributed by atoms with Crippen molar-refractivity contribution >= 4 is 11.6 Å². The summed E-state index contributed by atoms with van der Waals surface area (Å²) in [6.07, 6.45) is 1.72. The van der Waals surface area contributed by atoms with Gasteiger partial charge in [-0.1, -0.05) is 6.07 Å². The molecule has 15 heavy (non-hydrogen) atoms. The van der Waals surface area contributed by atoms with Crippen LogP contribution in [-0.2, 0) is 0 Å². The molecule has 2 aromatic rings. The van der Waals surface area contributed by atoms with E-state index >= 15 is 0 Å². The number of aromatic nitrogens is 2. The summed E-state index contributed by atoms with van der Waals surface area (Å²) in [6.45, 7) is 3.83. The Hall–Kier alpha value is -1.84. The number of hydrogen-bond donors (Lipinski definition) is 2. The number of imidazole rings is 1. The summed E-state index contributed by atoms with van der Waals surface area (Å²) in [7, 11) is 0. The molecule has 2 rings (SSSR count). The Kier molecular flexibility index (Phi) is 2.41. The Bertz CT molecular complexity index is 476. The van der Waals surface area contributed by atoms with Crippen molar-refractivity contribution in [2.24, 2.45) is 0 Å². The first kappa shape index (κ1) is 9.71. The van der Waals surface area contributed by atoms with Crippen molar-refractivity contribution in [2.45, 2.75) is 13.8 Å². The molecule has 0 fully saturated rings. The predicted molar refractivity (Wildman–Crippen MR) is 57.7 cm³/mol. The molecule has 0 atom stereocenters. The third kappa shape index (κ3) is 2.15. The van der Waals surface area contributed by atoms with Gasteiger partial charge in [0.15, 0.2) is 0 Å². The fraction of sp³-hybridized carbons (Fsp3) is 0.182. The maximum atomic E-state index is 13.0. The second-order valence-corrected chi connectivity index (χ2v) is 3.50. The van der Waals surface area contributed by atoms with Crippen LogP contribution in [0.1, 0.15) is 11.3 Å². The molecule has 0 saturated heterocycles. The minimum atomic E-state index is -0.258. The number of nitrogens with one attached hydrogen (secondary N) is 2. The lowest BCUT2D eigenvalue weighted by atomic mass is 10.2. The molecule has 1 aromatic heterocycles. The van der Waals surface area contributed by atoms with Gasteiger partial charge in [-0.3, -0.25) is 0 Å². The molecule has 0 aliphatic heterocycles. The molecule has 0 aliphatic carbocycles. The van der Waals surface area contributed by atoms with Crippen LogP contribution >= 0.6 is 0 Å². The Morgan fingerprint density at radius 3 is 2.80 bits per heavy atom. The lowest BCUT2D eigenvalue weighted by Gasteiger charge is -2.06. The lowest BCUT2D eigenvalue weighted by Crippen LogP contribution is -1.95. The molecule has 1 heterocycles. The van der Waals surface area contributed by atoms with Crippen molar-refractivity contribution in [1.29, 1.82) is 0 Å². The molecular weight excluding hydrogens is 193 g/mol. The SMILES string of the molecule is Cc1cnc(Nc2cc(F)ccc2C)[nH]1. The molecule has 0 amide bonds. The highest BCUT2D eigenvalue weighted by Gasteiger charge is 2.02. The Balaban J connectivity index is 2.27. The average molecular weight is 205 g/mol. The first-order chi connectivity index (χ1) is 7.15. The first-order valence-corrected chi connectivity index (χ1v) is 4.70. The van der Waals surface area contributed by atoms with Crippen molar-refractivity contribution in [3.05, 3.63) is 41.5 Å². The van der Waals surface area contributed by atoms with Gasteiger partial charge in [0.05, 0.1) is 0 Å². The van der Waals surface area contributed by atoms with E-state index in [1.54, 1.807) is 12.3 Å². The van der Waals surface area contributed by atoms with Crippen LogP contribution in [0.5, 0.6) is 0 Å². The number of aromatic amines is 1. The second kappa shape index (κ2) is 3.73. The Morgan fingerprint density at radius 2 is 2.13 bits per heavy atom. The zero-order valence-electron chi connectivity index (χ0n) is 8.63. The van der Waals surface area contributed by atoms with Crippen LogP contribution in [0.4, 0.5) is 16.0 Å². The van der Waals surface area contributed by atoms with E-state index in [9.17, 15) is 4.39 Å². The number of benzene rings is 1. The first-order valence-electron chi connectivity index (χ1n) is 4.70. The number of rotatable bonds is 2. The Morgan fingerprint density at radius 1 is 1.33 bits per heavy atom.